The number of H-pyrrole nitrogens is 1. The zero-order chi connectivity index (χ0) is 12.3. The van der Waals surface area contributed by atoms with Gasteiger partial charge in [0.1, 0.15) is 6.33 Å². The third-order valence-electron chi connectivity index (χ3n) is 2.52. The van der Waals surface area contributed by atoms with Gasteiger partial charge in [-0.15, -0.1) is 0 Å². The molecule has 5 heteroatoms. The van der Waals surface area contributed by atoms with Gasteiger partial charge in [-0.2, -0.15) is 5.10 Å². The largest absolute Gasteiger partial charge is 0.254 e. The highest BCUT2D eigenvalue weighted by atomic mass is 79.9. The molecule has 0 aliphatic heterocycles. The number of unbranched alkanes of at least 4 members (excludes halogenated alkanes) is 5. The zero-order valence-corrected chi connectivity index (χ0v) is 12.7. The Labute approximate surface area is 116 Å². The van der Waals surface area contributed by atoms with E-state index in [9.17, 15) is 0 Å². The van der Waals surface area contributed by atoms with Crippen molar-refractivity contribution in [2.75, 3.05) is 0 Å². The van der Waals surface area contributed by atoms with Crippen molar-refractivity contribution in [2.24, 2.45) is 0 Å². The van der Waals surface area contributed by atoms with Crippen LogP contribution in [0.3, 0.4) is 0 Å². The molecule has 1 heterocycles. The molecule has 0 bridgehead atoms. The lowest BCUT2D eigenvalue weighted by Gasteiger charge is -2.03. The molecule has 17 heavy (non-hydrogen) atoms. The minimum Gasteiger partial charge on any atom is -0.254 e. The van der Waals surface area contributed by atoms with Gasteiger partial charge in [-0.3, -0.25) is 5.10 Å². The second-order valence-corrected chi connectivity index (χ2v) is 5.56. The average Bonchev–Trinajstić information content (AvgIpc) is 2.85. The smallest absolute Gasteiger partial charge is 0.187 e. The van der Waals surface area contributed by atoms with Crippen LogP contribution in [0.25, 0.3) is 0 Å². The van der Waals surface area contributed by atoms with Crippen molar-refractivity contribution in [2.45, 2.75) is 57.0 Å². The Hall–Kier alpha value is -0.290. The van der Waals surface area contributed by atoms with Gasteiger partial charge in [0.15, 0.2) is 5.16 Å². The van der Waals surface area contributed by atoms with Crippen LogP contribution >= 0.6 is 27.7 Å². The van der Waals surface area contributed by atoms with Gasteiger partial charge in [-0.25, -0.2) is 4.98 Å². The van der Waals surface area contributed by atoms with Crippen molar-refractivity contribution in [3.05, 3.63) is 16.2 Å². The Kier molecular flexibility index (Phi) is 8.44. The maximum Gasteiger partial charge on any atom is 0.187 e. The highest BCUT2D eigenvalue weighted by Gasteiger charge is 2.02. The molecule has 3 nitrogen and oxygen atoms in total. The summed E-state index contributed by atoms with van der Waals surface area (Å²) in [7, 11) is 0. The lowest BCUT2D eigenvalue weighted by atomic mass is 10.1. The molecule has 0 spiro atoms. The number of hydrogen-bond acceptors (Lipinski definition) is 3. The molecule has 1 rings (SSSR count). The van der Waals surface area contributed by atoms with Crippen molar-refractivity contribution < 1.29 is 0 Å². The Morgan fingerprint density at radius 2 is 2.12 bits per heavy atom. The van der Waals surface area contributed by atoms with E-state index in [4.69, 9.17) is 0 Å². The molecule has 0 saturated carbocycles. The Morgan fingerprint density at radius 3 is 2.76 bits per heavy atom. The molecule has 0 aliphatic carbocycles. The molecular formula is C12H20BrN3S. The van der Waals surface area contributed by atoms with Crippen LogP contribution in [0.2, 0.25) is 0 Å². The van der Waals surface area contributed by atoms with Gasteiger partial charge in [-0.1, -0.05) is 66.7 Å². The van der Waals surface area contributed by atoms with Crippen molar-refractivity contribution in [1.29, 1.82) is 0 Å². The quantitative estimate of drug-likeness (QED) is 0.521. The van der Waals surface area contributed by atoms with Crippen molar-refractivity contribution in [3.8, 4) is 0 Å². The van der Waals surface area contributed by atoms with E-state index in [2.05, 4.69) is 38.0 Å². The first-order chi connectivity index (χ1) is 8.36. The third-order valence-corrected chi connectivity index (χ3v) is 4.35. The first-order valence-corrected chi connectivity index (χ1v) is 7.92. The maximum atomic E-state index is 4.11. The number of thioether (sulfide) groups is 1. The predicted molar refractivity (Wildman–Crippen MR) is 77.2 cm³/mol. The first kappa shape index (κ1) is 14.8. The summed E-state index contributed by atoms with van der Waals surface area (Å²) >= 11 is 5.06. The molecule has 0 aromatic carbocycles. The summed E-state index contributed by atoms with van der Waals surface area (Å²) < 4.78 is 0. The van der Waals surface area contributed by atoms with Crippen molar-refractivity contribution in [3.63, 3.8) is 0 Å². The second kappa shape index (κ2) is 9.71. The van der Waals surface area contributed by atoms with E-state index >= 15 is 0 Å². The van der Waals surface area contributed by atoms with Gasteiger partial charge in [0.2, 0.25) is 0 Å². The minimum atomic E-state index is 0.863. The number of allylic oxidation sites excluding steroid dienone is 1. The normalized spacial score (nSPS) is 12.0. The van der Waals surface area contributed by atoms with E-state index in [1.54, 1.807) is 18.1 Å². The molecule has 0 aliphatic rings. The predicted octanol–water partition coefficient (Wildman–Crippen LogP) is 4.88. The fourth-order valence-corrected chi connectivity index (χ4v) is 2.82. The van der Waals surface area contributed by atoms with Gasteiger partial charge in [0.25, 0.3) is 0 Å². The monoisotopic (exact) mass is 317 g/mol. The summed E-state index contributed by atoms with van der Waals surface area (Å²) in [6.07, 6.45) is 10.6. The minimum absolute atomic E-state index is 0.863. The second-order valence-electron chi connectivity index (χ2n) is 3.99. The van der Waals surface area contributed by atoms with Crippen LogP contribution in [0.4, 0.5) is 0 Å². The van der Waals surface area contributed by atoms with E-state index in [1.807, 2.05) is 4.99 Å². The molecule has 1 aromatic rings. The molecule has 0 fully saturated rings. The molecular weight excluding hydrogens is 298 g/mol. The number of halogens is 1. The van der Waals surface area contributed by atoms with E-state index in [0.29, 0.717) is 0 Å². The number of nitrogens with zero attached hydrogens (tertiary/aromatic N) is 2. The molecule has 1 aromatic heterocycles. The van der Waals surface area contributed by atoms with Crippen LogP contribution in [0.1, 0.15) is 51.9 Å². The molecule has 0 saturated heterocycles. The van der Waals surface area contributed by atoms with E-state index in [-0.39, 0.29) is 0 Å². The van der Waals surface area contributed by atoms with Crippen molar-refractivity contribution >= 4 is 27.7 Å². The Bertz CT molecular complexity index is 312. The first-order valence-electron chi connectivity index (χ1n) is 6.19. The van der Waals surface area contributed by atoms with Crippen LogP contribution in [-0.2, 0) is 0 Å². The topological polar surface area (TPSA) is 41.6 Å². The SMILES string of the molecule is CCCCCCCC/C(=C/Br)Sc1ncn[nH]1. The highest BCUT2D eigenvalue weighted by molar-refractivity contribution is 9.11. The lowest BCUT2D eigenvalue weighted by Crippen LogP contribution is -1.83. The van der Waals surface area contributed by atoms with Gasteiger partial charge in [0.05, 0.1) is 0 Å². The lowest BCUT2D eigenvalue weighted by molar-refractivity contribution is 0.610. The maximum absolute atomic E-state index is 4.11. The summed E-state index contributed by atoms with van der Waals surface area (Å²) in [5.41, 5.74) is 0. The Morgan fingerprint density at radius 1 is 1.35 bits per heavy atom. The number of hydrogen-bond donors (Lipinski definition) is 1. The molecule has 1 N–H and O–H groups in total. The van der Waals surface area contributed by atoms with Gasteiger partial charge in [-0.05, 0) is 22.7 Å². The molecule has 0 atom stereocenters. The Balaban J connectivity index is 2.11. The van der Waals surface area contributed by atoms with Gasteiger partial charge >= 0.3 is 0 Å². The number of aromatic amines is 1. The van der Waals surface area contributed by atoms with Crippen molar-refractivity contribution in [1.82, 2.24) is 15.2 Å². The summed E-state index contributed by atoms with van der Waals surface area (Å²) in [4.78, 5) is 7.40. The summed E-state index contributed by atoms with van der Waals surface area (Å²) in [6.45, 7) is 2.25. The molecule has 0 unspecified atom stereocenters. The molecule has 0 radical (unpaired) electrons. The molecule has 0 amide bonds. The summed E-state index contributed by atoms with van der Waals surface area (Å²) in [6, 6.07) is 0. The fraction of sp³-hybridized carbons (Fsp3) is 0.667. The van der Waals surface area contributed by atoms with Crippen LogP contribution in [0, 0.1) is 0 Å². The number of nitrogens with one attached hydrogen (secondary N) is 1. The zero-order valence-electron chi connectivity index (χ0n) is 10.3. The fourth-order valence-electron chi connectivity index (χ4n) is 1.58. The van der Waals surface area contributed by atoms with Gasteiger partial charge in [0, 0.05) is 0 Å². The summed E-state index contributed by atoms with van der Waals surface area (Å²) in [5, 5.41) is 7.56. The average molecular weight is 318 g/mol. The summed E-state index contributed by atoms with van der Waals surface area (Å²) in [5.74, 6) is 0. The van der Waals surface area contributed by atoms with E-state index in [1.165, 1.54) is 43.4 Å². The third kappa shape index (κ3) is 6.88. The van der Waals surface area contributed by atoms with Crippen LogP contribution < -0.4 is 0 Å². The van der Waals surface area contributed by atoms with E-state index < -0.39 is 0 Å². The standard InChI is InChI=1S/C12H20BrN3S/c1-2-3-4-5-6-7-8-11(9-13)17-12-14-10-15-16-12/h9-10H,2-8H2,1H3,(H,14,15,16)/b11-9-. The van der Waals surface area contributed by atoms with Crippen LogP contribution in [0.15, 0.2) is 21.4 Å². The van der Waals surface area contributed by atoms with Crippen LogP contribution in [-0.4, -0.2) is 15.2 Å². The highest BCUT2D eigenvalue weighted by Crippen LogP contribution is 2.28. The molecule has 96 valence electrons. The number of rotatable bonds is 9. The van der Waals surface area contributed by atoms with Gasteiger partial charge < -0.3 is 0 Å². The number of aromatic nitrogens is 3. The van der Waals surface area contributed by atoms with E-state index in [0.717, 1.165) is 11.6 Å². The van der Waals surface area contributed by atoms with Crippen LogP contribution in [0.5, 0.6) is 0 Å².